The van der Waals surface area contributed by atoms with Gasteiger partial charge in [0.05, 0.1) is 6.61 Å². The minimum Gasteiger partial charge on any atom is -0.493 e. The molecule has 5 heteroatoms. The standard InChI is InChI=1S/C20H18F2O3/c1-3-24-19-11-15-8-12(2)25-20(15)10-14(19)5-7-18(23)13-4-6-16(21)17(22)9-13/h4-7,9-12H,3,8H2,1-2H3/b7-5+/t12-/m0/s1. The van der Waals surface area contributed by atoms with Crippen molar-refractivity contribution in [1.29, 1.82) is 0 Å². The number of fused-ring (bicyclic) bond motifs is 1. The van der Waals surface area contributed by atoms with E-state index < -0.39 is 17.4 Å². The Labute approximate surface area is 144 Å². The third-order valence-corrected chi connectivity index (χ3v) is 3.95. The van der Waals surface area contributed by atoms with Gasteiger partial charge in [-0.05, 0) is 56.3 Å². The van der Waals surface area contributed by atoms with Gasteiger partial charge in [0.1, 0.15) is 17.6 Å². The molecule has 130 valence electrons. The predicted octanol–water partition coefficient (Wildman–Crippen LogP) is 4.58. The second kappa shape index (κ2) is 7.05. The molecular weight excluding hydrogens is 326 g/mol. The lowest BCUT2D eigenvalue weighted by molar-refractivity contribution is 0.104. The van der Waals surface area contributed by atoms with Crippen LogP contribution in [0.15, 0.2) is 36.4 Å². The lowest BCUT2D eigenvalue weighted by atomic mass is 10.0. The SMILES string of the molecule is CCOc1cc2c(cc1/C=C/C(=O)c1ccc(F)c(F)c1)O[C@@H](C)C2. The first-order valence-corrected chi connectivity index (χ1v) is 8.11. The van der Waals surface area contributed by atoms with Crippen molar-refractivity contribution in [3.05, 3.63) is 64.7 Å². The Balaban J connectivity index is 1.88. The van der Waals surface area contributed by atoms with Gasteiger partial charge in [-0.25, -0.2) is 8.78 Å². The fourth-order valence-corrected chi connectivity index (χ4v) is 2.78. The first kappa shape index (κ1) is 17.1. The van der Waals surface area contributed by atoms with E-state index in [9.17, 15) is 13.6 Å². The van der Waals surface area contributed by atoms with Crippen molar-refractivity contribution < 1.29 is 23.0 Å². The van der Waals surface area contributed by atoms with Crippen LogP contribution in [0.2, 0.25) is 0 Å². The minimum atomic E-state index is -1.05. The zero-order chi connectivity index (χ0) is 18.0. The Bertz CT molecular complexity index is 843. The third-order valence-electron chi connectivity index (χ3n) is 3.95. The second-order valence-electron chi connectivity index (χ2n) is 5.89. The summed E-state index contributed by atoms with van der Waals surface area (Å²) in [6, 6.07) is 6.83. The number of benzene rings is 2. The molecule has 3 rings (SSSR count). The van der Waals surface area contributed by atoms with Gasteiger partial charge in [0, 0.05) is 23.1 Å². The van der Waals surface area contributed by atoms with Crippen molar-refractivity contribution in [1.82, 2.24) is 0 Å². The molecule has 0 fully saturated rings. The summed E-state index contributed by atoms with van der Waals surface area (Å²) in [7, 11) is 0. The van der Waals surface area contributed by atoms with Crippen molar-refractivity contribution in [2.75, 3.05) is 6.61 Å². The van der Waals surface area contributed by atoms with Crippen LogP contribution in [0.1, 0.15) is 35.3 Å². The van der Waals surface area contributed by atoms with Gasteiger partial charge >= 0.3 is 0 Å². The molecule has 0 spiro atoms. The molecule has 1 aliphatic rings. The van der Waals surface area contributed by atoms with Crippen molar-refractivity contribution in [3.8, 4) is 11.5 Å². The van der Waals surface area contributed by atoms with Gasteiger partial charge in [0.2, 0.25) is 0 Å². The van der Waals surface area contributed by atoms with Crippen LogP contribution in [-0.2, 0) is 6.42 Å². The zero-order valence-electron chi connectivity index (χ0n) is 14.0. The maximum absolute atomic E-state index is 13.3. The van der Waals surface area contributed by atoms with Crippen LogP contribution in [0.4, 0.5) is 8.78 Å². The van der Waals surface area contributed by atoms with E-state index in [0.29, 0.717) is 17.9 Å². The number of rotatable bonds is 5. The highest BCUT2D eigenvalue weighted by atomic mass is 19.2. The van der Waals surface area contributed by atoms with E-state index in [-0.39, 0.29) is 11.7 Å². The summed E-state index contributed by atoms with van der Waals surface area (Å²) in [6.45, 7) is 4.36. The third kappa shape index (κ3) is 3.71. The largest absolute Gasteiger partial charge is 0.493 e. The summed E-state index contributed by atoms with van der Waals surface area (Å²) in [4.78, 5) is 12.2. The smallest absolute Gasteiger partial charge is 0.185 e. The molecule has 0 unspecified atom stereocenters. The summed E-state index contributed by atoms with van der Waals surface area (Å²) in [5, 5.41) is 0. The van der Waals surface area contributed by atoms with Gasteiger partial charge in [-0.1, -0.05) is 0 Å². The summed E-state index contributed by atoms with van der Waals surface area (Å²) < 4.78 is 37.6. The molecule has 25 heavy (non-hydrogen) atoms. The first-order chi connectivity index (χ1) is 12.0. The van der Waals surface area contributed by atoms with Gasteiger partial charge < -0.3 is 9.47 Å². The molecule has 0 saturated carbocycles. The Morgan fingerprint density at radius 2 is 2.08 bits per heavy atom. The molecule has 0 aliphatic carbocycles. The number of hydrogen-bond donors (Lipinski definition) is 0. The molecule has 1 atom stereocenters. The fourth-order valence-electron chi connectivity index (χ4n) is 2.78. The molecule has 1 heterocycles. The maximum atomic E-state index is 13.3. The molecule has 0 saturated heterocycles. The van der Waals surface area contributed by atoms with Gasteiger partial charge in [-0.2, -0.15) is 0 Å². The van der Waals surface area contributed by atoms with Crippen LogP contribution in [0.25, 0.3) is 6.08 Å². The highest BCUT2D eigenvalue weighted by Gasteiger charge is 2.21. The summed E-state index contributed by atoms with van der Waals surface area (Å²) >= 11 is 0. The lowest BCUT2D eigenvalue weighted by Gasteiger charge is -2.10. The molecule has 0 aromatic heterocycles. The van der Waals surface area contributed by atoms with E-state index in [4.69, 9.17) is 9.47 Å². The Morgan fingerprint density at radius 1 is 1.28 bits per heavy atom. The fraction of sp³-hybridized carbons (Fsp3) is 0.250. The van der Waals surface area contributed by atoms with E-state index in [1.54, 1.807) is 6.08 Å². The van der Waals surface area contributed by atoms with Gasteiger partial charge in [-0.3, -0.25) is 4.79 Å². The van der Waals surface area contributed by atoms with Gasteiger partial charge in [0.25, 0.3) is 0 Å². The summed E-state index contributed by atoms with van der Waals surface area (Å²) in [5.41, 5.74) is 1.85. The minimum absolute atomic E-state index is 0.0825. The normalized spacial score (nSPS) is 15.9. The number of carbonyl (C=O) groups is 1. The van der Waals surface area contributed by atoms with Crippen LogP contribution in [0.5, 0.6) is 11.5 Å². The van der Waals surface area contributed by atoms with Crippen LogP contribution >= 0.6 is 0 Å². The lowest BCUT2D eigenvalue weighted by Crippen LogP contribution is -2.05. The molecular formula is C20H18F2O3. The first-order valence-electron chi connectivity index (χ1n) is 8.11. The highest BCUT2D eigenvalue weighted by molar-refractivity contribution is 6.07. The van der Waals surface area contributed by atoms with E-state index in [0.717, 1.165) is 29.9 Å². The Hall–Kier alpha value is -2.69. The monoisotopic (exact) mass is 344 g/mol. The van der Waals surface area contributed by atoms with E-state index >= 15 is 0 Å². The number of ether oxygens (including phenoxy) is 2. The van der Waals surface area contributed by atoms with Crippen molar-refractivity contribution in [3.63, 3.8) is 0 Å². The molecule has 1 aliphatic heterocycles. The number of allylic oxidation sites excluding steroid dienone is 1. The predicted molar refractivity (Wildman–Crippen MR) is 91.1 cm³/mol. The van der Waals surface area contributed by atoms with Gasteiger partial charge in [0.15, 0.2) is 17.4 Å². The van der Waals surface area contributed by atoms with Crippen LogP contribution < -0.4 is 9.47 Å². The van der Waals surface area contributed by atoms with E-state index in [1.807, 2.05) is 26.0 Å². The summed E-state index contributed by atoms with van der Waals surface area (Å²) in [6.07, 6.45) is 3.83. The van der Waals surface area contributed by atoms with Crippen LogP contribution in [0.3, 0.4) is 0 Å². The quantitative estimate of drug-likeness (QED) is 0.588. The average Bonchev–Trinajstić information content (AvgIpc) is 2.94. The van der Waals surface area contributed by atoms with E-state index in [1.165, 1.54) is 12.1 Å². The van der Waals surface area contributed by atoms with Crippen molar-refractivity contribution in [2.24, 2.45) is 0 Å². The molecule has 2 aromatic carbocycles. The second-order valence-corrected chi connectivity index (χ2v) is 5.89. The Morgan fingerprint density at radius 3 is 2.80 bits per heavy atom. The number of carbonyl (C=O) groups excluding carboxylic acids is 1. The molecule has 3 nitrogen and oxygen atoms in total. The number of halogens is 2. The Kier molecular flexibility index (Phi) is 4.83. The zero-order valence-corrected chi connectivity index (χ0v) is 14.0. The van der Waals surface area contributed by atoms with Crippen molar-refractivity contribution in [2.45, 2.75) is 26.4 Å². The highest BCUT2D eigenvalue weighted by Crippen LogP contribution is 2.35. The number of hydrogen-bond acceptors (Lipinski definition) is 3. The average molecular weight is 344 g/mol. The van der Waals surface area contributed by atoms with Gasteiger partial charge in [-0.15, -0.1) is 0 Å². The molecule has 0 bridgehead atoms. The van der Waals surface area contributed by atoms with Crippen LogP contribution in [-0.4, -0.2) is 18.5 Å². The topological polar surface area (TPSA) is 35.5 Å². The van der Waals surface area contributed by atoms with E-state index in [2.05, 4.69) is 0 Å². The molecule has 0 radical (unpaired) electrons. The van der Waals surface area contributed by atoms with Crippen molar-refractivity contribution >= 4 is 11.9 Å². The van der Waals surface area contributed by atoms with Crippen LogP contribution in [0, 0.1) is 11.6 Å². The molecule has 0 amide bonds. The molecule has 2 aromatic rings. The maximum Gasteiger partial charge on any atom is 0.185 e. The summed E-state index contributed by atoms with van der Waals surface area (Å²) in [5.74, 6) is -1.02. The molecule has 0 N–H and O–H groups in total. The number of ketones is 1.